The number of hydrogen-bond acceptors (Lipinski definition) is 6. The zero-order valence-electron chi connectivity index (χ0n) is 16.2. The molecule has 8 heteroatoms. The van der Waals surface area contributed by atoms with E-state index in [1.165, 1.54) is 5.06 Å². The second-order valence-electron chi connectivity index (χ2n) is 8.05. The van der Waals surface area contributed by atoms with E-state index >= 15 is 0 Å². The summed E-state index contributed by atoms with van der Waals surface area (Å²) in [5.74, 6) is 0.366. The Morgan fingerprint density at radius 3 is 2.35 bits per heavy atom. The van der Waals surface area contributed by atoms with E-state index in [0.717, 1.165) is 5.56 Å². The zero-order valence-corrected chi connectivity index (χ0v) is 16.2. The molecular formula is C18H27N3O5. The molecule has 1 saturated heterocycles. The first-order chi connectivity index (χ1) is 11.9. The van der Waals surface area contributed by atoms with Crippen LogP contribution in [0.3, 0.4) is 0 Å². The zero-order chi connectivity index (χ0) is 19.5. The second kappa shape index (κ2) is 7.49. The number of hydroxylamine groups is 2. The van der Waals surface area contributed by atoms with Gasteiger partial charge in [-0.2, -0.15) is 5.06 Å². The Morgan fingerprint density at radius 2 is 1.81 bits per heavy atom. The van der Waals surface area contributed by atoms with E-state index in [1.54, 1.807) is 59.9 Å². The van der Waals surface area contributed by atoms with Gasteiger partial charge in [0.05, 0.1) is 12.6 Å². The molecule has 1 atom stereocenters. The number of ether oxygens (including phenoxy) is 2. The number of carbonyl (C=O) groups excluding carboxylic acids is 2. The van der Waals surface area contributed by atoms with Crippen molar-refractivity contribution in [1.82, 2.24) is 10.0 Å². The number of anilines is 1. The van der Waals surface area contributed by atoms with Gasteiger partial charge in [-0.3, -0.25) is 10.2 Å². The number of nitrogens with zero attached hydrogens (tertiary/aromatic N) is 2. The second-order valence-corrected chi connectivity index (χ2v) is 8.05. The minimum Gasteiger partial charge on any atom is -0.444 e. The number of rotatable bonds is 2. The normalized spacial score (nSPS) is 17.8. The van der Waals surface area contributed by atoms with Crippen LogP contribution in [0, 0.1) is 0 Å². The van der Waals surface area contributed by atoms with E-state index < -0.39 is 23.4 Å². The summed E-state index contributed by atoms with van der Waals surface area (Å²) in [6.45, 7) is 11.2. The first-order valence-electron chi connectivity index (χ1n) is 8.56. The molecule has 2 heterocycles. The molecule has 2 rings (SSSR count). The Bertz CT molecular complexity index is 646. The molecular weight excluding hydrogens is 338 g/mol. The lowest BCUT2D eigenvalue weighted by Crippen LogP contribution is -2.35. The summed E-state index contributed by atoms with van der Waals surface area (Å²) in [5, 5.41) is 3.81. The third-order valence-corrected chi connectivity index (χ3v) is 3.28. The molecule has 0 aliphatic carbocycles. The SMILES string of the molecule is CC(C)(C)OC(=O)Nc1ccc(C2CCON2C(=O)OC(C)(C)C)cn1. The molecule has 1 aromatic rings. The van der Waals surface area contributed by atoms with Crippen LogP contribution in [-0.2, 0) is 14.3 Å². The van der Waals surface area contributed by atoms with Gasteiger partial charge in [-0.1, -0.05) is 6.07 Å². The number of nitrogens with one attached hydrogen (secondary N) is 1. The van der Waals surface area contributed by atoms with Crippen molar-refractivity contribution in [3.63, 3.8) is 0 Å². The van der Waals surface area contributed by atoms with Gasteiger partial charge in [-0.15, -0.1) is 0 Å². The summed E-state index contributed by atoms with van der Waals surface area (Å²) in [7, 11) is 0. The van der Waals surface area contributed by atoms with Gasteiger partial charge in [0.25, 0.3) is 0 Å². The fraction of sp³-hybridized carbons (Fsp3) is 0.611. The van der Waals surface area contributed by atoms with E-state index in [9.17, 15) is 9.59 Å². The van der Waals surface area contributed by atoms with Crippen molar-refractivity contribution in [2.45, 2.75) is 65.2 Å². The summed E-state index contributed by atoms with van der Waals surface area (Å²) >= 11 is 0. The molecule has 8 nitrogen and oxygen atoms in total. The van der Waals surface area contributed by atoms with Crippen molar-refractivity contribution in [2.24, 2.45) is 0 Å². The molecule has 0 spiro atoms. The fourth-order valence-corrected chi connectivity index (χ4v) is 2.34. The first kappa shape index (κ1) is 20.0. The third kappa shape index (κ3) is 5.87. The molecule has 1 N–H and O–H groups in total. The number of pyridine rings is 1. The molecule has 1 aromatic heterocycles. The predicted octanol–water partition coefficient (Wildman–Crippen LogP) is 4.04. The summed E-state index contributed by atoms with van der Waals surface area (Å²) in [5.41, 5.74) is -0.394. The smallest absolute Gasteiger partial charge is 0.435 e. The van der Waals surface area contributed by atoms with Gasteiger partial charge in [-0.05, 0) is 53.2 Å². The molecule has 0 saturated carbocycles. The van der Waals surface area contributed by atoms with E-state index in [0.29, 0.717) is 18.8 Å². The highest BCUT2D eigenvalue weighted by atomic mass is 16.7. The Morgan fingerprint density at radius 1 is 1.15 bits per heavy atom. The standard InChI is InChI=1S/C18H27N3O5/c1-17(2,3)25-15(22)20-14-8-7-12(11-19-14)13-9-10-24-21(13)16(23)26-18(4,5)6/h7-8,11,13H,9-10H2,1-6H3,(H,19,20,22). The van der Waals surface area contributed by atoms with Gasteiger partial charge in [0.1, 0.15) is 17.0 Å². The Kier molecular flexibility index (Phi) is 5.75. The van der Waals surface area contributed by atoms with Crippen LogP contribution in [0.25, 0.3) is 0 Å². The van der Waals surface area contributed by atoms with Crippen LogP contribution in [0.2, 0.25) is 0 Å². The van der Waals surface area contributed by atoms with Gasteiger partial charge < -0.3 is 9.47 Å². The van der Waals surface area contributed by atoms with E-state index in [2.05, 4.69) is 10.3 Å². The van der Waals surface area contributed by atoms with Crippen molar-refractivity contribution in [2.75, 3.05) is 11.9 Å². The van der Waals surface area contributed by atoms with Crippen LogP contribution in [0.4, 0.5) is 15.4 Å². The average molecular weight is 365 g/mol. The number of aromatic nitrogens is 1. The monoisotopic (exact) mass is 365 g/mol. The quantitative estimate of drug-likeness (QED) is 0.850. The average Bonchev–Trinajstić information content (AvgIpc) is 2.93. The molecule has 0 radical (unpaired) electrons. The topological polar surface area (TPSA) is 90.0 Å². The van der Waals surface area contributed by atoms with Crippen LogP contribution in [0.5, 0.6) is 0 Å². The largest absolute Gasteiger partial charge is 0.444 e. The Labute approximate surface area is 153 Å². The predicted molar refractivity (Wildman–Crippen MR) is 95.5 cm³/mol. The van der Waals surface area contributed by atoms with E-state index in [-0.39, 0.29) is 6.04 Å². The highest BCUT2D eigenvalue weighted by Gasteiger charge is 2.35. The maximum atomic E-state index is 12.3. The first-order valence-corrected chi connectivity index (χ1v) is 8.56. The van der Waals surface area contributed by atoms with Gasteiger partial charge >= 0.3 is 12.2 Å². The molecule has 144 valence electrons. The number of amides is 2. The van der Waals surface area contributed by atoms with E-state index in [4.69, 9.17) is 14.3 Å². The van der Waals surface area contributed by atoms with Crippen molar-refractivity contribution in [1.29, 1.82) is 0 Å². The van der Waals surface area contributed by atoms with Crippen LogP contribution in [0.1, 0.15) is 59.6 Å². The lowest BCUT2D eigenvalue weighted by Gasteiger charge is -2.27. The molecule has 2 amide bonds. The van der Waals surface area contributed by atoms with Gasteiger partial charge in [0, 0.05) is 12.6 Å². The van der Waals surface area contributed by atoms with Crippen LogP contribution < -0.4 is 5.32 Å². The van der Waals surface area contributed by atoms with Crippen molar-refractivity contribution in [3.8, 4) is 0 Å². The van der Waals surface area contributed by atoms with Crippen molar-refractivity contribution in [3.05, 3.63) is 23.9 Å². The van der Waals surface area contributed by atoms with Gasteiger partial charge in [0.2, 0.25) is 0 Å². The summed E-state index contributed by atoms with van der Waals surface area (Å²) in [6.07, 6.45) is 1.14. The molecule has 0 bridgehead atoms. The highest BCUT2D eigenvalue weighted by molar-refractivity contribution is 5.83. The van der Waals surface area contributed by atoms with E-state index in [1.807, 2.05) is 0 Å². The van der Waals surface area contributed by atoms with Crippen LogP contribution in [0.15, 0.2) is 18.3 Å². The van der Waals surface area contributed by atoms with Crippen LogP contribution in [-0.4, -0.2) is 40.0 Å². The molecule has 1 fully saturated rings. The van der Waals surface area contributed by atoms with Crippen LogP contribution >= 0.6 is 0 Å². The van der Waals surface area contributed by atoms with Gasteiger partial charge in [-0.25, -0.2) is 14.6 Å². The van der Waals surface area contributed by atoms with Gasteiger partial charge in [0.15, 0.2) is 0 Å². The summed E-state index contributed by atoms with van der Waals surface area (Å²) < 4.78 is 10.6. The summed E-state index contributed by atoms with van der Waals surface area (Å²) in [6, 6.07) is 3.16. The lowest BCUT2D eigenvalue weighted by atomic mass is 10.1. The molecule has 1 unspecified atom stereocenters. The maximum absolute atomic E-state index is 12.3. The number of carbonyl (C=O) groups is 2. The minimum atomic E-state index is -0.604. The highest BCUT2D eigenvalue weighted by Crippen LogP contribution is 2.31. The Balaban J connectivity index is 2.03. The molecule has 1 aliphatic heterocycles. The molecule has 0 aromatic carbocycles. The maximum Gasteiger partial charge on any atom is 0.435 e. The molecule has 1 aliphatic rings. The minimum absolute atomic E-state index is 0.284. The fourth-order valence-electron chi connectivity index (χ4n) is 2.34. The Hall–Kier alpha value is -2.35. The third-order valence-electron chi connectivity index (χ3n) is 3.28. The lowest BCUT2D eigenvalue weighted by molar-refractivity contribution is -0.125. The molecule has 26 heavy (non-hydrogen) atoms. The summed E-state index contributed by atoms with van der Waals surface area (Å²) in [4.78, 5) is 33.7. The number of hydrogen-bond donors (Lipinski definition) is 1. The van der Waals surface area contributed by atoms with Crippen molar-refractivity contribution < 1.29 is 23.9 Å². The van der Waals surface area contributed by atoms with Crippen molar-refractivity contribution >= 4 is 18.0 Å².